The van der Waals surface area contributed by atoms with E-state index < -0.39 is 35.8 Å². The van der Waals surface area contributed by atoms with Crippen molar-refractivity contribution < 1.29 is 80.9 Å². The largest absolute Gasteiger partial charge is 0.491 e. The molecule has 0 aromatic heterocycles. The van der Waals surface area contributed by atoms with Crippen molar-refractivity contribution in [3.63, 3.8) is 0 Å². The zero-order chi connectivity index (χ0) is 60.4. The number of rotatable bonds is 38. The average molecular weight is 1160 g/mol. The van der Waals surface area contributed by atoms with E-state index in [4.69, 9.17) is 52.1 Å². The highest BCUT2D eigenvalue weighted by molar-refractivity contribution is 5.93. The summed E-state index contributed by atoms with van der Waals surface area (Å²) in [5.74, 6) is -0.475. The number of hydrogen-bond donors (Lipinski definition) is 0. The summed E-state index contributed by atoms with van der Waals surface area (Å²) in [6.07, 6.45) is 11.5. The Bertz CT molecular complexity index is 2890. The Morgan fingerprint density at radius 2 is 0.647 bits per heavy atom. The van der Waals surface area contributed by atoms with Gasteiger partial charge in [0.2, 0.25) is 0 Å². The lowest BCUT2D eigenvalue weighted by atomic mass is 10.0. The van der Waals surface area contributed by atoms with Crippen molar-refractivity contribution in [2.75, 3.05) is 66.1 Å². The third-order valence-corrected chi connectivity index (χ3v) is 13.0. The molecule has 85 heavy (non-hydrogen) atoms. The van der Waals surface area contributed by atoms with Crippen molar-refractivity contribution in [1.29, 1.82) is 0 Å². The molecule has 0 radical (unpaired) electrons. The summed E-state index contributed by atoms with van der Waals surface area (Å²) in [6, 6.07) is 37.4. The van der Waals surface area contributed by atoms with Crippen LogP contribution in [0.5, 0.6) is 34.5 Å². The maximum Gasteiger partial charge on any atom is 0.343 e. The molecule has 6 aromatic carbocycles. The van der Waals surface area contributed by atoms with Gasteiger partial charge in [-0.25, -0.2) is 28.8 Å². The molecule has 0 amide bonds. The van der Waals surface area contributed by atoms with Crippen molar-refractivity contribution in [2.24, 2.45) is 0 Å². The van der Waals surface area contributed by atoms with Gasteiger partial charge < -0.3 is 52.1 Å². The molecular formula is C68H74O17. The minimum absolute atomic E-state index is 0.292. The molecular weight excluding hydrogens is 1090 g/mol. The number of hydrogen-bond acceptors (Lipinski definition) is 17. The molecule has 0 N–H and O–H groups in total. The fourth-order valence-corrected chi connectivity index (χ4v) is 8.25. The monoisotopic (exact) mass is 1160 g/mol. The number of carbonyl (C=O) groups is 6. The summed E-state index contributed by atoms with van der Waals surface area (Å²) in [5.41, 5.74) is 4.97. The van der Waals surface area contributed by atoms with Crippen LogP contribution in [0.2, 0.25) is 0 Å². The summed E-state index contributed by atoms with van der Waals surface area (Å²) in [6.45, 7) is 13.8. The molecule has 0 aliphatic heterocycles. The second kappa shape index (κ2) is 36.6. The van der Waals surface area contributed by atoms with E-state index in [-0.39, 0.29) is 0 Å². The Hall–Kier alpha value is -8.90. The average Bonchev–Trinajstić information content (AvgIpc) is 3.71. The number of benzene rings is 6. The van der Waals surface area contributed by atoms with Crippen molar-refractivity contribution in [3.05, 3.63) is 203 Å². The van der Waals surface area contributed by atoms with Crippen molar-refractivity contribution in [2.45, 2.75) is 78.1 Å². The Morgan fingerprint density at radius 3 is 0.988 bits per heavy atom. The lowest BCUT2D eigenvalue weighted by Gasteiger charge is -2.11. The molecule has 6 aromatic rings. The van der Waals surface area contributed by atoms with Gasteiger partial charge in [0.05, 0.1) is 75.1 Å². The normalized spacial score (nSPS) is 10.8. The quantitative estimate of drug-likeness (QED) is 0.0153. The van der Waals surface area contributed by atoms with Gasteiger partial charge in [-0.05, 0) is 184 Å². The standard InChI is InChI=1S/C68H74O17/c1-5-63(69)80-37-13-9-7-11-15-51-17-21-53(22-18-51)67(73)84-61-35-33-59(47-49(61)3)82-65(71)55-25-29-57(30-26-55)78-45-43-76-41-39-75-40-42-77-44-46-79-58-31-27-56(28-32-58)66(72)83-60-34-36-62(50(4)48-60)85-68(74)54-23-19-52(20-24-54)16-12-8-10-14-38-81-64(70)6-2/h5-6,17-36,47-48H,1-2,7-16,37-46H2,3-4H3. The topological polar surface area (TPSA) is 204 Å². The summed E-state index contributed by atoms with van der Waals surface area (Å²) >= 11 is 0. The molecule has 0 atom stereocenters. The van der Waals surface area contributed by atoms with Gasteiger partial charge in [0.25, 0.3) is 0 Å². The van der Waals surface area contributed by atoms with Gasteiger partial charge in [0.1, 0.15) is 47.7 Å². The molecule has 17 heteroatoms. The first kappa shape index (κ1) is 65.3. The smallest absolute Gasteiger partial charge is 0.343 e. The first-order valence-electron chi connectivity index (χ1n) is 28.4. The highest BCUT2D eigenvalue weighted by Crippen LogP contribution is 2.28. The summed E-state index contributed by atoms with van der Waals surface area (Å²) in [5, 5.41) is 0. The van der Waals surface area contributed by atoms with Gasteiger partial charge in [0.15, 0.2) is 0 Å². The Labute approximate surface area is 496 Å². The van der Waals surface area contributed by atoms with Crippen LogP contribution in [0.1, 0.15) is 115 Å². The summed E-state index contributed by atoms with van der Waals surface area (Å²) in [7, 11) is 0. The number of aryl methyl sites for hydroxylation is 4. The van der Waals surface area contributed by atoms with Crippen LogP contribution in [-0.2, 0) is 46.1 Å². The number of unbranched alkanes of at least 4 members (excludes halogenated alkanes) is 6. The van der Waals surface area contributed by atoms with Crippen LogP contribution in [0, 0.1) is 13.8 Å². The second-order valence-corrected chi connectivity index (χ2v) is 19.5. The first-order chi connectivity index (χ1) is 41.4. The van der Waals surface area contributed by atoms with Gasteiger partial charge in [-0.15, -0.1) is 0 Å². The SMILES string of the molecule is C=CC(=O)OCCCCCCc1ccc(C(=O)Oc2ccc(OC(=O)c3ccc(OCCOCCOCCOCCOc4ccc(C(=O)Oc5ccc(OC(=O)c6ccc(CCCCCCOC(=O)C=C)cc6)c(C)c5)cc4)cc3)cc2C)cc1. The van der Waals surface area contributed by atoms with Gasteiger partial charge in [-0.2, -0.15) is 0 Å². The number of ether oxygens (including phenoxy) is 11. The maximum absolute atomic E-state index is 12.9. The van der Waals surface area contributed by atoms with Crippen molar-refractivity contribution >= 4 is 35.8 Å². The summed E-state index contributed by atoms with van der Waals surface area (Å²) < 4.78 is 60.8. The van der Waals surface area contributed by atoms with E-state index in [1.807, 2.05) is 24.3 Å². The molecule has 0 aliphatic carbocycles. The molecule has 0 fully saturated rings. The molecule has 0 unspecified atom stereocenters. The molecule has 0 aliphatic rings. The minimum Gasteiger partial charge on any atom is -0.491 e. The molecule has 17 nitrogen and oxygen atoms in total. The molecule has 448 valence electrons. The molecule has 0 bridgehead atoms. The second-order valence-electron chi connectivity index (χ2n) is 19.5. The van der Waals surface area contributed by atoms with Crippen LogP contribution < -0.4 is 28.4 Å². The molecule has 0 heterocycles. The molecule has 0 spiro atoms. The lowest BCUT2D eigenvalue weighted by molar-refractivity contribution is -0.138. The Kier molecular flexibility index (Phi) is 28.1. The van der Waals surface area contributed by atoms with Crippen LogP contribution in [-0.4, -0.2) is 102 Å². The van der Waals surface area contributed by atoms with Gasteiger partial charge >= 0.3 is 35.8 Å². The fourth-order valence-electron chi connectivity index (χ4n) is 8.25. The molecule has 0 saturated heterocycles. The van der Waals surface area contributed by atoms with E-state index in [1.54, 1.807) is 123 Å². The van der Waals surface area contributed by atoms with Crippen LogP contribution in [0.15, 0.2) is 159 Å². The van der Waals surface area contributed by atoms with Crippen molar-refractivity contribution in [1.82, 2.24) is 0 Å². The van der Waals surface area contributed by atoms with E-state index in [2.05, 4.69) is 13.2 Å². The highest BCUT2D eigenvalue weighted by Gasteiger charge is 2.17. The van der Waals surface area contributed by atoms with Crippen LogP contribution >= 0.6 is 0 Å². The summed E-state index contributed by atoms with van der Waals surface area (Å²) in [4.78, 5) is 73.9. The van der Waals surface area contributed by atoms with Gasteiger partial charge in [-0.3, -0.25) is 0 Å². The molecule has 6 rings (SSSR count). The first-order valence-corrected chi connectivity index (χ1v) is 28.4. The van der Waals surface area contributed by atoms with E-state index in [0.717, 1.165) is 87.5 Å². The van der Waals surface area contributed by atoms with Gasteiger partial charge in [-0.1, -0.05) is 63.1 Å². The minimum atomic E-state index is -0.555. The third-order valence-electron chi connectivity index (χ3n) is 13.0. The van der Waals surface area contributed by atoms with E-state index in [9.17, 15) is 28.8 Å². The van der Waals surface area contributed by atoms with Gasteiger partial charge in [0, 0.05) is 12.2 Å². The predicted molar refractivity (Wildman–Crippen MR) is 318 cm³/mol. The molecule has 0 saturated carbocycles. The van der Waals surface area contributed by atoms with E-state index >= 15 is 0 Å². The van der Waals surface area contributed by atoms with Crippen LogP contribution in [0.3, 0.4) is 0 Å². The van der Waals surface area contributed by atoms with Crippen molar-refractivity contribution in [3.8, 4) is 34.5 Å². The highest BCUT2D eigenvalue weighted by atomic mass is 16.6. The van der Waals surface area contributed by atoms with E-state index in [1.165, 1.54) is 0 Å². The maximum atomic E-state index is 12.9. The van der Waals surface area contributed by atoms with Crippen LogP contribution in [0.25, 0.3) is 0 Å². The number of esters is 6. The zero-order valence-corrected chi connectivity index (χ0v) is 48.4. The lowest BCUT2D eigenvalue weighted by Crippen LogP contribution is -2.14. The predicted octanol–water partition coefficient (Wildman–Crippen LogP) is 12.4. The van der Waals surface area contributed by atoms with Crippen LogP contribution in [0.4, 0.5) is 0 Å². The third kappa shape index (κ3) is 24.1. The van der Waals surface area contributed by atoms with E-state index in [0.29, 0.717) is 134 Å². The fraction of sp³-hybridized carbons (Fsp3) is 0.324. The zero-order valence-electron chi connectivity index (χ0n) is 48.4. The Morgan fingerprint density at radius 1 is 0.341 bits per heavy atom. The Balaban J connectivity index is 0.752. The number of carbonyl (C=O) groups excluding carboxylic acids is 6.